The molecule has 5 nitrogen and oxygen atoms in total. The largest absolute Gasteiger partial charge is 0.324 e. The first-order chi connectivity index (χ1) is 12.1. The van der Waals surface area contributed by atoms with Crippen molar-refractivity contribution in [3.8, 4) is 0 Å². The van der Waals surface area contributed by atoms with Gasteiger partial charge in [-0.25, -0.2) is 17.2 Å². The minimum Gasteiger partial charge on any atom is -0.324 e. The predicted octanol–water partition coefficient (Wildman–Crippen LogP) is 3.48. The van der Waals surface area contributed by atoms with Crippen LogP contribution in [0.2, 0.25) is 0 Å². The van der Waals surface area contributed by atoms with Crippen LogP contribution < -0.4 is 9.62 Å². The Morgan fingerprint density at radius 2 is 1.85 bits per heavy atom. The molecule has 2 rings (SSSR count). The second kappa shape index (κ2) is 8.05. The van der Waals surface area contributed by atoms with Gasteiger partial charge in [0.05, 0.1) is 11.9 Å². The number of nitrogens with one attached hydrogen (secondary N) is 1. The van der Waals surface area contributed by atoms with E-state index in [0.29, 0.717) is 5.69 Å². The zero-order chi connectivity index (χ0) is 19.5. The average molecular weight is 400 g/mol. The molecule has 0 spiro atoms. The third-order valence-corrected chi connectivity index (χ3v) is 5.55. The standard InChI is InChI=1S/C17H18F2N2O3S2/c1-11(17(22)20-12-5-4-6-14(9-12)25-2)21(26(3,23)24)13-7-8-15(18)16(19)10-13/h4-11H,1-3H3,(H,20,22). The highest BCUT2D eigenvalue weighted by Gasteiger charge is 2.29. The Morgan fingerprint density at radius 1 is 1.15 bits per heavy atom. The van der Waals surface area contributed by atoms with Crippen molar-refractivity contribution < 1.29 is 22.0 Å². The molecule has 9 heteroatoms. The SMILES string of the molecule is CSc1cccc(NC(=O)C(C)N(c2ccc(F)c(F)c2)S(C)(=O)=O)c1. The van der Waals surface area contributed by atoms with Crippen molar-refractivity contribution in [3.63, 3.8) is 0 Å². The summed E-state index contributed by atoms with van der Waals surface area (Å²) in [6.07, 6.45) is 2.78. The molecule has 0 heterocycles. The number of halogens is 2. The fraction of sp³-hybridized carbons (Fsp3) is 0.235. The van der Waals surface area contributed by atoms with Crippen LogP contribution >= 0.6 is 11.8 Å². The first-order valence-electron chi connectivity index (χ1n) is 7.53. The molecule has 0 fully saturated rings. The molecule has 0 aliphatic carbocycles. The van der Waals surface area contributed by atoms with Gasteiger partial charge in [0.15, 0.2) is 11.6 Å². The number of sulfonamides is 1. The summed E-state index contributed by atoms with van der Waals surface area (Å²) in [5, 5.41) is 2.64. The van der Waals surface area contributed by atoms with E-state index in [2.05, 4.69) is 5.32 Å². The van der Waals surface area contributed by atoms with Crippen LogP contribution in [0.3, 0.4) is 0 Å². The van der Waals surface area contributed by atoms with Gasteiger partial charge in [-0.3, -0.25) is 9.10 Å². The molecule has 2 aromatic carbocycles. The lowest BCUT2D eigenvalue weighted by Crippen LogP contribution is -2.45. The quantitative estimate of drug-likeness (QED) is 0.754. The second-order valence-electron chi connectivity index (χ2n) is 5.55. The van der Waals surface area contributed by atoms with Crippen LogP contribution in [0.25, 0.3) is 0 Å². The van der Waals surface area contributed by atoms with Crippen molar-refractivity contribution >= 4 is 39.1 Å². The third kappa shape index (κ3) is 4.73. The Hall–Kier alpha value is -2.13. The maximum atomic E-state index is 13.5. The van der Waals surface area contributed by atoms with Gasteiger partial charge < -0.3 is 5.32 Å². The maximum Gasteiger partial charge on any atom is 0.247 e. The first-order valence-corrected chi connectivity index (χ1v) is 10.6. The molecule has 1 unspecified atom stereocenters. The Balaban J connectivity index is 2.32. The van der Waals surface area contributed by atoms with Gasteiger partial charge in [-0.2, -0.15) is 0 Å². The number of benzene rings is 2. The van der Waals surface area contributed by atoms with E-state index in [4.69, 9.17) is 0 Å². The van der Waals surface area contributed by atoms with Crippen molar-refractivity contribution in [1.29, 1.82) is 0 Å². The second-order valence-corrected chi connectivity index (χ2v) is 8.29. The lowest BCUT2D eigenvalue weighted by Gasteiger charge is -2.28. The molecule has 1 N–H and O–H groups in total. The summed E-state index contributed by atoms with van der Waals surface area (Å²) in [4.78, 5) is 13.5. The molecule has 0 aromatic heterocycles. The summed E-state index contributed by atoms with van der Waals surface area (Å²) in [6.45, 7) is 1.37. The molecule has 2 aromatic rings. The van der Waals surface area contributed by atoms with Crippen LogP contribution in [0, 0.1) is 11.6 Å². The zero-order valence-corrected chi connectivity index (χ0v) is 16.0. The first kappa shape index (κ1) is 20.2. The number of nitrogens with zero attached hydrogens (tertiary/aromatic N) is 1. The molecule has 0 saturated heterocycles. The summed E-state index contributed by atoms with van der Waals surface area (Å²) in [5.74, 6) is -2.90. The highest BCUT2D eigenvalue weighted by atomic mass is 32.2. The minimum atomic E-state index is -3.92. The number of rotatable bonds is 6. The Labute approximate surface area is 155 Å². The highest BCUT2D eigenvalue weighted by Crippen LogP contribution is 2.24. The molecule has 1 amide bonds. The van der Waals surface area contributed by atoms with E-state index >= 15 is 0 Å². The van der Waals surface area contributed by atoms with Crippen LogP contribution in [0.5, 0.6) is 0 Å². The number of carbonyl (C=O) groups excluding carboxylic acids is 1. The van der Waals surface area contributed by atoms with E-state index in [0.717, 1.165) is 33.7 Å². The van der Waals surface area contributed by atoms with E-state index in [1.807, 2.05) is 12.3 Å². The summed E-state index contributed by atoms with van der Waals surface area (Å²) < 4.78 is 51.7. The zero-order valence-electron chi connectivity index (χ0n) is 14.4. The van der Waals surface area contributed by atoms with Gasteiger partial charge in [-0.05, 0) is 43.5 Å². The van der Waals surface area contributed by atoms with Gasteiger partial charge in [-0.1, -0.05) is 6.07 Å². The third-order valence-electron chi connectivity index (χ3n) is 3.58. The summed E-state index contributed by atoms with van der Waals surface area (Å²) >= 11 is 1.49. The number of hydrogen-bond acceptors (Lipinski definition) is 4. The molecule has 0 radical (unpaired) electrons. The van der Waals surface area contributed by atoms with E-state index < -0.39 is 33.6 Å². The fourth-order valence-electron chi connectivity index (χ4n) is 2.38. The molecular formula is C17H18F2N2O3S2. The van der Waals surface area contributed by atoms with Gasteiger partial charge in [0.1, 0.15) is 6.04 Å². The van der Waals surface area contributed by atoms with Crippen LogP contribution in [0.4, 0.5) is 20.2 Å². The molecule has 26 heavy (non-hydrogen) atoms. The van der Waals surface area contributed by atoms with Gasteiger partial charge in [0.2, 0.25) is 15.9 Å². The number of hydrogen-bond donors (Lipinski definition) is 1. The van der Waals surface area contributed by atoms with E-state index in [1.54, 1.807) is 18.2 Å². The summed E-state index contributed by atoms with van der Waals surface area (Å²) in [5.41, 5.74) is 0.374. The lowest BCUT2D eigenvalue weighted by atomic mass is 10.2. The number of amides is 1. The highest BCUT2D eigenvalue weighted by molar-refractivity contribution is 7.98. The van der Waals surface area contributed by atoms with Crippen molar-refractivity contribution in [2.75, 3.05) is 22.1 Å². The number of anilines is 2. The lowest BCUT2D eigenvalue weighted by molar-refractivity contribution is -0.116. The van der Waals surface area contributed by atoms with Crippen LogP contribution in [-0.4, -0.2) is 32.9 Å². The Morgan fingerprint density at radius 3 is 2.42 bits per heavy atom. The smallest absolute Gasteiger partial charge is 0.247 e. The van der Waals surface area contributed by atoms with Crippen LogP contribution in [0.1, 0.15) is 6.92 Å². The van der Waals surface area contributed by atoms with Gasteiger partial charge in [0.25, 0.3) is 0 Å². The molecule has 0 saturated carbocycles. The van der Waals surface area contributed by atoms with E-state index in [9.17, 15) is 22.0 Å². The van der Waals surface area contributed by atoms with E-state index in [-0.39, 0.29) is 5.69 Å². The number of carbonyl (C=O) groups is 1. The average Bonchev–Trinajstić information content (AvgIpc) is 2.57. The molecule has 1 atom stereocenters. The molecular weight excluding hydrogens is 382 g/mol. The van der Waals surface area contributed by atoms with Crippen LogP contribution in [-0.2, 0) is 14.8 Å². The normalized spacial score (nSPS) is 12.5. The van der Waals surface area contributed by atoms with Crippen LogP contribution in [0.15, 0.2) is 47.4 Å². The minimum absolute atomic E-state index is 0.132. The van der Waals surface area contributed by atoms with Crippen molar-refractivity contribution in [1.82, 2.24) is 0 Å². The molecule has 0 aliphatic rings. The van der Waals surface area contributed by atoms with Crippen molar-refractivity contribution in [2.45, 2.75) is 17.9 Å². The monoisotopic (exact) mass is 400 g/mol. The maximum absolute atomic E-state index is 13.5. The molecule has 0 aliphatic heterocycles. The van der Waals surface area contributed by atoms with Crippen molar-refractivity contribution in [2.24, 2.45) is 0 Å². The summed E-state index contributed by atoms with van der Waals surface area (Å²) in [6, 6.07) is 8.54. The molecule has 140 valence electrons. The predicted molar refractivity (Wildman–Crippen MR) is 100.0 cm³/mol. The number of thioether (sulfide) groups is 1. The Bertz CT molecular complexity index is 920. The topological polar surface area (TPSA) is 66.5 Å². The van der Waals surface area contributed by atoms with Gasteiger partial charge in [-0.15, -0.1) is 11.8 Å². The summed E-state index contributed by atoms with van der Waals surface area (Å²) in [7, 11) is -3.92. The molecule has 0 bridgehead atoms. The van der Waals surface area contributed by atoms with Gasteiger partial charge in [0, 0.05) is 16.6 Å². The van der Waals surface area contributed by atoms with Crippen molar-refractivity contribution in [3.05, 3.63) is 54.1 Å². The Kier molecular flexibility index (Phi) is 6.25. The van der Waals surface area contributed by atoms with E-state index in [1.165, 1.54) is 18.7 Å². The fourth-order valence-corrected chi connectivity index (χ4v) is 4.00. The van der Waals surface area contributed by atoms with Gasteiger partial charge >= 0.3 is 0 Å².